The molecule has 4 aromatic rings. The minimum absolute atomic E-state index is 0.125. The van der Waals surface area contributed by atoms with E-state index < -0.39 is 6.10 Å². The molecule has 2 aromatic carbocycles. The molecular formula is C26H27N3O3S. The van der Waals surface area contributed by atoms with Gasteiger partial charge in [-0.25, -0.2) is 9.97 Å². The average molecular weight is 462 g/mol. The molecule has 2 atom stereocenters. The van der Waals surface area contributed by atoms with Crippen LogP contribution < -0.4 is 5.56 Å². The van der Waals surface area contributed by atoms with Crippen molar-refractivity contribution in [1.82, 2.24) is 14.5 Å². The molecule has 0 aliphatic carbocycles. The molecule has 0 spiro atoms. The van der Waals surface area contributed by atoms with Crippen molar-refractivity contribution in [2.75, 3.05) is 13.2 Å². The van der Waals surface area contributed by atoms with Gasteiger partial charge in [0.05, 0.1) is 41.0 Å². The van der Waals surface area contributed by atoms with Crippen molar-refractivity contribution in [3.05, 3.63) is 76.5 Å². The summed E-state index contributed by atoms with van der Waals surface area (Å²) in [6.45, 7) is 5.06. The molecule has 3 heterocycles. The van der Waals surface area contributed by atoms with E-state index in [2.05, 4.69) is 42.0 Å². The number of rotatable bonds is 5. The zero-order chi connectivity index (χ0) is 22.9. The van der Waals surface area contributed by atoms with Crippen LogP contribution in [0.2, 0.25) is 0 Å². The molecule has 5 rings (SSSR count). The monoisotopic (exact) mass is 461 g/mol. The lowest BCUT2D eigenvalue weighted by atomic mass is 9.96. The summed E-state index contributed by atoms with van der Waals surface area (Å²) in [5.41, 5.74) is 2.73. The van der Waals surface area contributed by atoms with Crippen LogP contribution in [0.4, 0.5) is 0 Å². The van der Waals surface area contributed by atoms with Gasteiger partial charge in [-0.05, 0) is 41.5 Å². The molecule has 1 aliphatic rings. The Kier molecular flexibility index (Phi) is 6.19. The normalized spacial score (nSPS) is 18.9. The number of aromatic nitrogens is 3. The van der Waals surface area contributed by atoms with Gasteiger partial charge >= 0.3 is 0 Å². The first kappa shape index (κ1) is 22.1. The van der Waals surface area contributed by atoms with Gasteiger partial charge < -0.3 is 9.84 Å². The van der Waals surface area contributed by atoms with Gasteiger partial charge in [0.1, 0.15) is 0 Å². The third-order valence-electron chi connectivity index (χ3n) is 6.07. The first-order chi connectivity index (χ1) is 16.0. The highest BCUT2D eigenvalue weighted by Gasteiger charge is 2.27. The number of hydrogen-bond acceptors (Lipinski definition) is 6. The minimum atomic E-state index is -0.719. The average Bonchev–Trinajstić information content (AvgIpc) is 2.81. The standard InChI is InChI=1S/C26H27N3O3S/c1-16(2)33-24-8-7-17(13-27-24)11-18-12-21-25(20-6-4-3-5-19(18)20)28-15-29(26(21)31)22-9-10-32-14-23(22)30/h3-8,12-13,15-16,22-23,30H,9-11,14H2,1-2H3/t22-,23-/m0/s1. The Morgan fingerprint density at radius 2 is 1.97 bits per heavy atom. The van der Waals surface area contributed by atoms with Gasteiger partial charge in [0.15, 0.2) is 0 Å². The van der Waals surface area contributed by atoms with Crippen molar-refractivity contribution >= 4 is 33.4 Å². The summed E-state index contributed by atoms with van der Waals surface area (Å²) in [6, 6.07) is 13.9. The number of aliphatic hydroxyl groups excluding tert-OH is 1. The van der Waals surface area contributed by atoms with Gasteiger partial charge in [-0.3, -0.25) is 9.36 Å². The summed E-state index contributed by atoms with van der Waals surface area (Å²) in [4.78, 5) is 22.8. The quantitative estimate of drug-likeness (QED) is 0.352. The number of hydrogen-bond donors (Lipinski definition) is 1. The second-order valence-electron chi connectivity index (χ2n) is 8.78. The van der Waals surface area contributed by atoms with Gasteiger partial charge in [0, 0.05) is 23.4 Å². The van der Waals surface area contributed by atoms with E-state index in [1.165, 1.54) is 0 Å². The van der Waals surface area contributed by atoms with Crippen LogP contribution in [-0.4, -0.2) is 44.2 Å². The van der Waals surface area contributed by atoms with E-state index in [9.17, 15) is 9.90 Å². The van der Waals surface area contributed by atoms with Crippen LogP contribution in [0, 0.1) is 0 Å². The Bertz CT molecular complexity index is 1350. The number of pyridine rings is 1. The summed E-state index contributed by atoms with van der Waals surface area (Å²) < 4.78 is 6.92. The summed E-state index contributed by atoms with van der Waals surface area (Å²) in [7, 11) is 0. The summed E-state index contributed by atoms with van der Waals surface area (Å²) in [5.74, 6) is 0. The van der Waals surface area contributed by atoms with Crippen LogP contribution in [0.5, 0.6) is 0 Å². The van der Waals surface area contributed by atoms with Crippen LogP contribution in [0.25, 0.3) is 21.7 Å². The minimum Gasteiger partial charge on any atom is -0.389 e. The van der Waals surface area contributed by atoms with Crippen LogP contribution in [0.1, 0.15) is 37.4 Å². The fourth-order valence-electron chi connectivity index (χ4n) is 4.51. The predicted octanol–water partition coefficient (Wildman–Crippen LogP) is 4.36. The van der Waals surface area contributed by atoms with Crippen molar-refractivity contribution in [2.24, 2.45) is 0 Å². The molecule has 6 nitrogen and oxygen atoms in total. The lowest BCUT2D eigenvalue weighted by molar-refractivity contribution is -0.0395. The molecular weight excluding hydrogens is 434 g/mol. The van der Waals surface area contributed by atoms with Gasteiger partial charge in [0.2, 0.25) is 0 Å². The number of fused-ring (bicyclic) bond motifs is 3. The van der Waals surface area contributed by atoms with Crippen molar-refractivity contribution in [1.29, 1.82) is 0 Å². The Labute approximate surface area is 196 Å². The SMILES string of the molecule is CC(C)Sc1ccc(Cc2cc3c(=O)n([C@H]4CCOC[C@@H]4O)cnc3c3ccccc23)cn1. The zero-order valence-electron chi connectivity index (χ0n) is 18.8. The molecule has 0 amide bonds. The number of thioether (sulfide) groups is 1. The van der Waals surface area contributed by atoms with E-state index in [1.54, 1.807) is 22.7 Å². The second-order valence-corrected chi connectivity index (χ2v) is 10.4. The van der Waals surface area contributed by atoms with E-state index in [0.717, 1.165) is 26.9 Å². The molecule has 1 N–H and O–H groups in total. The van der Waals surface area contributed by atoms with Crippen molar-refractivity contribution in [2.45, 2.75) is 49.1 Å². The van der Waals surface area contributed by atoms with E-state index in [0.29, 0.717) is 35.6 Å². The maximum atomic E-state index is 13.5. The molecule has 2 aromatic heterocycles. The second kappa shape index (κ2) is 9.25. The zero-order valence-corrected chi connectivity index (χ0v) is 19.6. The molecule has 7 heteroatoms. The molecule has 1 fully saturated rings. The number of ether oxygens (including phenoxy) is 1. The maximum Gasteiger partial charge on any atom is 0.261 e. The lowest BCUT2D eigenvalue weighted by Gasteiger charge is -2.29. The van der Waals surface area contributed by atoms with Crippen molar-refractivity contribution < 1.29 is 9.84 Å². The molecule has 0 radical (unpaired) electrons. The largest absolute Gasteiger partial charge is 0.389 e. The van der Waals surface area contributed by atoms with Crippen LogP contribution in [0.3, 0.4) is 0 Å². The summed E-state index contributed by atoms with van der Waals surface area (Å²) in [6.07, 6.45) is 4.03. The van der Waals surface area contributed by atoms with E-state index >= 15 is 0 Å². The highest BCUT2D eigenvalue weighted by atomic mass is 32.2. The Hall–Kier alpha value is -2.74. The van der Waals surface area contributed by atoms with Gasteiger partial charge in [-0.1, -0.05) is 44.2 Å². The summed E-state index contributed by atoms with van der Waals surface area (Å²) in [5, 5.41) is 14.5. The molecule has 0 saturated carbocycles. The molecule has 1 aliphatic heterocycles. The van der Waals surface area contributed by atoms with Crippen molar-refractivity contribution in [3.8, 4) is 0 Å². The molecule has 1 saturated heterocycles. The van der Waals surface area contributed by atoms with Gasteiger partial charge in [-0.15, -0.1) is 11.8 Å². The first-order valence-corrected chi connectivity index (χ1v) is 12.2. The summed E-state index contributed by atoms with van der Waals surface area (Å²) >= 11 is 1.74. The first-order valence-electron chi connectivity index (χ1n) is 11.3. The fourth-order valence-corrected chi connectivity index (χ4v) is 5.26. The van der Waals surface area contributed by atoms with E-state index in [-0.39, 0.29) is 18.2 Å². The van der Waals surface area contributed by atoms with Crippen LogP contribution in [-0.2, 0) is 11.2 Å². The molecule has 0 bridgehead atoms. The lowest BCUT2D eigenvalue weighted by Crippen LogP contribution is -2.39. The smallest absolute Gasteiger partial charge is 0.261 e. The Morgan fingerprint density at radius 3 is 2.70 bits per heavy atom. The Morgan fingerprint density at radius 1 is 1.15 bits per heavy atom. The molecule has 0 unspecified atom stereocenters. The van der Waals surface area contributed by atoms with Crippen LogP contribution in [0.15, 0.2) is 64.8 Å². The molecule has 170 valence electrons. The number of nitrogens with zero attached hydrogens (tertiary/aromatic N) is 3. The highest BCUT2D eigenvalue weighted by Crippen LogP contribution is 2.29. The third kappa shape index (κ3) is 4.40. The predicted molar refractivity (Wildman–Crippen MR) is 132 cm³/mol. The Balaban J connectivity index is 1.60. The maximum absolute atomic E-state index is 13.5. The van der Waals surface area contributed by atoms with Crippen molar-refractivity contribution in [3.63, 3.8) is 0 Å². The fraction of sp³-hybridized carbons (Fsp3) is 0.346. The van der Waals surface area contributed by atoms with Crippen LogP contribution >= 0.6 is 11.8 Å². The third-order valence-corrected chi connectivity index (χ3v) is 7.03. The number of benzene rings is 2. The van der Waals surface area contributed by atoms with E-state index in [4.69, 9.17) is 4.74 Å². The topological polar surface area (TPSA) is 77.2 Å². The molecule has 33 heavy (non-hydrogen) atoms. The number of aliphatic hydroxyl groups is 1. The van der Waals surface area contributed by atoms with Gasteiger partial charge in [-0.2, -0.15) is 0 Å². The van der Waals surface area contributed by atoms with E-state index in [1.807, 2.05) is 30.5 Å². The highest BCUT2D eigenvalue weighted by molar-refractivity contribution is 7.99. The van der Waals surface area contributed by atoms with Gasteiger partial charge in [0.25, 0.3) is 5.56 Å².